The van der Waals surface area contributed by atoms with Gasteiger partial charge in [0.05, 0.1) is 12.8 Å². The topological polar surface area (TPSA) is 52.8 Å². The quantitative estimate of drug-likeness (QED) is 0.284. The Morgan fingerprint density at radius 2 is 2.12 bits per heavy atom. The molecule has 2 rings (SSSR count). The van der Waals surface area contributed by atoms with Crippen molar-refractivity contribution in [3.63, 3.8) is 0 Å². The molecule has 0 bridgehead atoms. The molecule has 2 heterocycles. The highest BCUT2D eigenvalue weighted by Gasteiger charge is 2.21. The van der Waals surface area contributed by atoms with Crippen molar-refractivity contribution >= 4 is 29.9 Å². The van der Waals surface area contributed by atoms with Crippen molar-refractivity contribution in [3.05, 3.63) is 36.3 Å². The molecule has 5 nitrogen and oxygen atoms in total. The lowest BCUT2D eigenvalue weighted by Crippen LogP contribution is -2.50. The van der Waals surface area contributed by atoms with Gasteiger partial charge in [-0.1, -0.05) is 12.2 Å². The van der Waals surface area contributed by atoms with Crippen molar-refractivity contribution in [1.82, 2.24) is 15.5 Å². The third-order valence-electron chi connectivity index (χ3n) is 4.35. The number of guanidine groups is 1. The van der Waals surface area contributed by atoms with Crippen LogP contribution in [0, 0.1) is 0 Å². The molecule has 25 heavy (non-hydrogen) atoms. The number of hydrogen-bond donors (Lipinski definition) is 2. The van der Waals surface area contributed by atoms with E-state index in [1.165, 1.54) is 0 Å². The van der Waals surface area contributed by atoms with E-state index in [1.807, 2.05) is 19.1 Å². The number of aliphatic imine (C=N–C) groups is 1. The molecule has 0 amide bonds. The van der Waals surface area contributed by atoms with Gasteiger partial charge in [-0.2, -0.15) is 0 Å². The predicted molar refractivity (Wildman–Crippen MR) is 116 cm³/mol. The fourth-order valence-corrected chi connectivity index (χ4v) is 2.88. The van der Waals surface area contributed by atoms with E-state index in [-0.39, 0.29) is 24.0 Å². The summed E-state index contributed by atoms with van der Waals surface area (Å²) in [7, 11) is 0. The first-order valence-corrected chi connectivity index (χ1v) is 9.00. The molecule has 0 radical (unpaired) electrons. The maximum absolute atomic E-state index is 5.38. The summed E-state index contributed by atoms with van der Waals surface area (Å²) in [4.78, 5) is 7.18. The lowest BCUT2D eigenvalue weighted by atomic mass is 10.0. The summed E-state index contributed by atoms with van der Waals surface area (Å²) in [5.74, 6) is 1.87. The van der Waals surface area contributed by atoms with Crippen LogP contribution in [0.25, 0.3) is 0 Å². The number of hydrogen-bond acceptors (Lipinski definition) is 3. The minimum Gasteiger partial charge on any atom is -0.469 e. The number of furan rings is 1. The number of nitrogens with zero attached hydrogens (tertiary/aromatic N) is 2. The van der Waals surface area contributed by atoms with Crippen LogP contribution in [-0.2, 0) is 6.42 Å². The number of likely N-dealkylation sites (tertiary alicyclic amines) is 1. The molecule has 1 saturated heterocycles. The van der Waals surface area contributed by atoms with Crippen molar-refractivity contribution < 1.29 is 4.42 Å². The maximum Gasteiger partial charge on any atom is 0.191 e. The second-order valence-corrected chi connectivity index (χ2v) is 6.93. The number of piperidine rings is 1. The molecule has 0 unspecified atom stereocenters. The standard InChI is InChI=1S/C19H32N4O.HI/c1-15(2)14-21-19(20-10-7-18-6-5-13-24-18)22-17-8-11-23(12-9-17)16(3)4;/h5-6,13,16-17H,1,7-12,14H2,2-4H3,(H2,20,21,22);1H. The lowest BCUT2D eigenvalue weighted by molar-refractivity contribution is 0.167. The molecule has 142 valence electrons. The third kappa shape index (κ3) is 8.27. The molecule has 0 atom stereocenters. The van der Waals surface area contributed by atoms with Gasteiger partial charge >= 0.3 is 0 Å². The minimum atomic E-state index is 0. The SMILES string of the molecule is C=C(C)CN=C(NCCc1ccco1)NC1CCN(C(C)C)CC1.I. The highest BCUT2D eigenvalue weighted by molar-refractivity contribution is 14.0. The molecule has 1 fully saturated rings. The summed E-state index contributed by atoms with van der Waals surface area (Å²) in [6, 6.07) is 5.04. The highest BCUT2D eigenvalue weighted by Crippen LogP contribution is 2.12. The van der Waals surface area contributed by atoms with Crippen molar-refractivity contribution in [2.24, 2.45) is 4.99 Å². The van der Waals surface area contributed by atoms with Crippen molar-refractivity contribution in [2.75, 3.05) is 26.2 Å². The van der Waals surface area contributed by atoms with Gasteiger partial charge in [0.25, 0.3) is 0 Å². The molecule has 0 aromatic carbocycles. The van der Waals surface area contributed by atoms with Gasteiger partial charge in [0.15, 0.2) is 5.96 Å². The summed E-state index contributed by atoms with van der Waals surface area (Å²) < 4.78 is 5.38. The second-order valence-electron chi connectivity index (χ2n) is 6.93. The average molecular weight is 460 g/mol. The summed E-state index contributed by atoms with van der Waals surface area (Å²) in [5, 5.41) is 7.01. The van der Waals surface area contributed by atoms with E-state index in [1.54, 1.807) is 6.26 Å². The lowest BCUT2D eigenvalue weighted by Gasteiger charge is -2.35. The van der Waals surface area contributed by atoms with E-state index in [9.17, 15) is 0 Å². The monoisotopic (exact) mass is 460 g/mol. The zero-order chi connectivity index (χ0) is 17.4. The normalized spacial score (nSPS) is 16.6. The number of rotatable bonds is 7. The molecule has 1 aliphatic heterocycles. The molecule has 0 saturated carbocycles. The van der Waals surface area contributed by atoms with E-state index in [4.69, 9.17) is 4.42 Å². The first-order valence-electron chi connectivity index (χ1n) is 9.00. The maximum atomic E-state index is 5.38. The summed E-state index contributed by atoms with van der Waals surface area (Å²) in [5.41, 5.74) is 1.07. The van der Waals surface area contributed by atoms with Crippen molar-refractivity contribution in [2.45, 2.75) is 52.1 Å². The first-order chi connectivity index (χ1) is 11.5. The van der Waals surface area contributed by atoms with E-state index in [2.05, 4.69) is 41.0 Å². The molecule has 0 aliphatic carbocycles. The minimum absolute atomic E-state index is 0. The van der Waals surface area contributed by atoms with E-state index in [0.29, 0.717) is 18.6 Å². The molecule has 1 aromatic heterocycles. The van der Waals surface area contributed by atoms with Gasteiger partial charge in [-0.3, -0.25) is 0 Å². The van der Waals surface area contributed by atoms with Crippen LogP contribution in [0.4, 0.5) is 0 Å². The Balaban J connectivity index is 0.00000312. The first kappa shape index (κ1) is 22.0. The van der Waals surface area contributed by atoms with Gasteiger partial charge in [0.1, 0.15) is 5.76 Å². The Hall–Kier alpha value is -1.02. The van der Waals surface area contributed by atoms with Gasteiger partial charge in [0, 0.05) is 38.1 Å². The molecule has 0 spiro atoms. The Bertz CT molecular complexity index is 520. The van der Waals surface area contributed by atoms with E-state index >= 15 is 0 Å². The molecule has 1 aromatic rings. The van der Waals surface area contributed by atoms with E-state index < -0.39 is 0 Å². The summed E-state index contributed by atoms with van der Waals surface area (Å²) in [6.07, 6.45) is 4.88. The highest BCUT2D eigenvalue weighted by atomic mass is 127. The summed E-state index contributed by atoms with van der Waals surface area (Å²) >= 11 is 0. The smallest absolute Gasteiger partial charge is 0.191 e. The Kier molecular flexibility index (Phi) is 10.2. The fourth-order valence-electron chi connectivity index (χ4n) is 2.88. The molecule has 1 aliphatic rings. The van der Waals surface area contributed by atoms with Crippen LogP contribution in [-0.4, -0.2) is 49.1 Å². The van der Waals surface area contributed by atoms with Crippen LogP contribution in [0.1, 0.15) is 39.4 Å². The Labute approximate surface area is 169 Å². The fraction of sp³-hybridized carbons (Fsp3) is 0.632. The molecule has 6 heteroatoms. The zero-order valence-electron chi connectivity index (χ0n) is 15.8. The van der Waals surface area contributed by atoms with Gasteiger partial charge in [0.2, 0.25) is 0 Å². The van der Waals surface area contributed by atoms with Gasteiger partial charge in [-0.25, -0.2) is 4.99 Å². The zero-order valence-corrected chi connectivity index (χ0v) is 18.1. The van der Waals surface area contributed by atoms with Crippen molar-refractivity contribution in [1.29, 1.82) is 0 Å². The second kappa shape index (κ2) is 11.6. The molecule has 2 N–H and O–H groups in total. The largest absolute Gasteiger partial charge is 0.469 e. The number of nitrogens with one attached hydrogen (secondary N) is 2. The van der Waals surface area contributed by atoms with Gasteiger partial charge in [-0.15, -0.1) is 24.0 Å². The Morgan fingerprint density at radius 1 is 1.40 bits per heavy atom. The van der Waals surface area contributed by atoms with Gasteiger partial charge in [-0.05, 0) is 45.7 Å². The third-order valence-corrected chi connectivity index (χ3v) is 4.35. The van der Waals surface area contributed by atoms with Crippen LogP contribution in [0.5, 0.6) is 0 Å². The average Bonchev–Trinajstić information content (AvgIpc) is 3.06. The van der Waals surface area contributed by atoms with Crippen LogP contribution in [0.2, 0.25) is 0 Å². The Morgan fingerprint density at radius 3 is 2.68 bits per heavy atom. The van der Waals surface area contributed by atoms with Crippen molar-refractivity contribution in [3.8, 4) is 0 Å². The molecular weight excluding hydrogens is 427 g/mol. The van der Waals surface area contributed by atoms with E-state index in [0.717, 1.165) is 56.2 Å². The number of halogens is 1. The van der Waals surface area contributed by atoms with Crippen LogP contribution < -0.4 is 10.6 Å². The molecular formula is C19H33IN4O. The predicted octanol–water partition coefficient (Wildman–Crippen LogP) is 3.42. The van der Waals surface area contributed by atoms with Gasteiger partial charge < -0.3 is 20.0 Å². The summed E-state index contributed by atoms with van der Waals surface area (Å²) in [6.45, 7) is 14.2. The van der Waals surface area contributed by atoms with Crippen LogP contribution in [0.3, 0.4) is 0 Å². The van der Waals surface area contributed by atoms with Crippen LogP contribution >= 0.6 is 24.0 Å². The van der Waals surface area contributed by atoms with Crippen LogP contribution in [0.15, 0.2) is 40.0 Å².